The average molecular weight is 252 g/mol. The minimum absolute atomic E-state index is 0.249. The monoisotopic (exact) mass is 252 g/mol. The number of aliphatic hydroxyl groups excluding tert-OH is 1. The van der Waals surface area contributed by atoms with Gasteiger partial charge in [-0.3, -0.25) is 0 Å². The van der Waals surface area contributed by atoms with E-state index in [2.05, 4.69) is 20.8 Å². The van der Waals surface area contributed by atoms with Crippen molar-refractivity contribution in [3.63, 3.8) is 0 Å². The van der Waals surface area contributed by atoms with Gasteiger partial charge in [0.1, 0.15) is 0 Å². The van der Waals surface area contributed by atoms with Gasteiger partial charge in [-0.15, -0.1) is 0 Å². The Bertz CT molecular complexity index is 281. The maximum atomic E-state index is 9.05. The van der Waals surface area contributed by atoms with Gasteiger partial charge in [-0.25, -0.2) is 0 Å². The molecule has 0 saturated heterocycles. The summed E-state index contributed by atoms with van der Waals surface area (Å²) in [7, 11) is 0. The van der Waals surface area contributed by atoms with Crippen LogP contribution in [0.3, 0.4) is 0 Å². The molecule has 1 N–H and O–H groups in total. The van der Waals surface area contributed by atoms with E-state index in [-0.39, 0.29) is 6.61 Å². The standard InChI is InChI=1S/C16H28O2/c1-9(7-17)8-18-12-4-15-13-6-14(16(15)5-12)11(3)10(13)2/h9-17H,4-8H2,1-3H3. The number of rotatable bonds is 4. The van der Waals surface area contributed by atoms with Crippen LogP contribution >= 0.6 is 0 Å². The molecule has 3 aliphatic rings. The zero-order chi connectivity index (χ0) is 12.9. The molecule has 0 aliphatic heterocycles. The van der Waals surface area contributed by atoms with E-state index in [0.29, 0.717) is 12.0 Å². The summed E-state index contributed by atoms with van der Waals surface area (Å²) in [4.78, 5) is 0. The first-order valence-electron chi connectivity index (χ1n) is 7.84. The minimum Gasteiger partial charge on any atom is -0.396 e. The molecule has 0 aromatic rings. The van der Waals surface area contributed by atoms with E-state index in [1.807, 2.05) is 0 Å². The number of hydrogen-bond acceptors (Lipinski definition) is 2. The van der Waals surface area contributed by atoms with Crippen molar-refractivity contribution < 1.29 is 9.84 Å². The van der Waals surface area contributed by atoms with Gasteiger partial charge in [0, 0.05) is 12.5 Å². The quantitative estimate of drug-likeness (QED) is 0.833. The fraction of sp³-hybridized carbons (Fsp3) is 1.00. The lowest BCUT2D eigenvalue weighted by atomic mass is 9.71. The number of fused-ring (bicyclic) bond motifs is 5. The predicted molar refractivity (Wildman–Crippen MR) is 72.1 cm³/mol. The summed E-state index contributed by atoms with van der Waals surface area (Å²) in [5.74, 6) is 6.04. The molecule has 0 spiro atoms. The lowest BCUT2D eigenvalue weighted by Crippen LogP contribution is -2.28. The van der Waals surface area contributed by atoms with Crippen LogP contribution in [0.1, 0.15) is 40.0 Å². The van der Waals surface area contributed by atoms with Crippen LogP contribution in [-0.2, 0) is 4.74 Å². The predicted octanol–water partition coefficient (Wildman–Crippen LogP) is 2.95. The molecular weight excluding hydrogens is 224 g/mol. The van der Waals surface area contributed by atoms with E-state index in [4.69, 9.17) is 9.84 Å². The van der Waals surface area contributed by atoms with Gasteiger partial charge in [0.05, 0.1) is 12.7 Å². The van der Waals surface area contributed by atoms with Crippen LogP contribution < -0.4 is 0 Å². The number of ether oxygens (including phenoxy) is 1. The molecule has 0 aromatic carbocycles. The first kappa shape index (κ1) is 12.9. The van der Waals surface area contributed by atoms with E-state index >= 15 is 0 Å². The van der Waals surface area contributed by atoms with Gasteiger partial charge in [-0.2, -0.15) is 0 Å². The van der Waals surface area contributed by atoms with Crippen LogP contribution in [-0.4, -0.2) is 24.4 Å². The number of aliphatic hydroxyl groups is 1. The Balaban J connectivity index is 1.57. The summed E-state index contributed by atoms with van der Waals surface area (Å²) in [5, 5.41) is 9.05. The van der Waals surface area contributed by atoms with Crippen LogP contribution in [0, 0.1) is 41.4 Å². The molecule has 0 heterocycles. The maximum absolute atomic E-state index is 9.05. The maximum Gasteiger partial charge on any atom is 0.0581 e. The van der Waals surface area contributed by atoms with Crippen LogP contribution in [0.25, 0.3) is 0 Å². The SMILES string of the molecule is CC(CO)COC1CC2C3CC(C(C)C3C)C2C1. The Morgan fingerprint density at radius 2 is 1.56 bits per heavy atom. The Morgan fingerprint density at radius 1 is 1.00 bits per heavy atom. The van der Waals surface area contributed by atoms with Crippen molar-refractivity contribution in [1.82, 2.24) is 0 Å². The van der Waals surface area contributed by atoms with Gasteiger partial charge in [-0.05, 0) is 54.8 Å². The Labute approximate surface area is 111 Å². The highest BCUT2D eigenvalue weighted by Gasteiger charge is 2.57. The molecule has 0 amide bonds. The van der Waals surface area contributed by atoms with E-state index in [1.54, 1.807) is 0 Å². The average Bonchev–Trinajstić information content (AvgIpc) is 2.98. The van der Waals surface area contributed by atoms with E-state index in [0.717, 1.165) is 42.1 Å². The molecule has 7 unspecified atom stereocenters. The van der Waals surface area contributed by atoms with Gasteiger partial charge < -0.3 is 9.84 Å². The largest absolute Gasteiger partial charge is 0.396 e. The molecule has 3 saturated carbocycles. The summed E-state index contributed by atoms with van der Waals surface area (Å²) >= 11 is 0. The van der Waals surface area contributed by atoms with Crippen LogP contribution in [0.15, 0.2) is 0 Å². The summed E-state index contributed by atoms with van der Waals surface area (Å²) in [6.45, 7) is 7.98. The van der Waals surface area contributed by atoms with Crippen LogP contribution in [0.4, 0.5) is 0 Å². The second kappa shape index (κ2) is 4.79. The molecule has 0 aromatic heterocycles. The molecule has 18 heavy (non-hydrogen) atoms. The molecule has 2 bridgehead atoms. The second-order valence-corrected chi connectivity index (χ2v) is 7.32. The zero-order valence-corrected chi connectivity index (χ0v) is 12.0. The summed E-state index contributed by atoms with van der Waals surface area (Å²) in [6.07, 6.45) is 4.57. The van der Waals surface area contributed by atoms with Crippen molar-refractivity contribution >= 4 is 0 Å². The Morgan fingerprint density at radius 3 is 2.06 bits per heavy atom. The van der Waals surface area contributed by atoms with E-state index in [9.17, 15) is 0 Å². The third-order valence-electron chi connectivity index (χ3n) is 6.37. The topological polar surface area (TPSA) is 29.5 Å². The smallest absolute Gasteiger partial charge is 0.0581 e. The highest BCUT2D eigenvalue weighted by atomic mass is 16.5. The van der Waals surface area contributed by atoms with Gasteiger partial charge in [0.2, 0.25) is 0 Å². The first-order valence-corrected chi connectivity index (χ1v) is 7.84. The van der Waals surface area contributed by atoms with Crippen LogP contribution in [0.5, 0.6) is 0 Å². The van der Waals surface area contributed by atoms with Gasteiger partial charge in [0.25, 0.3) is 0 Å². The van der Waals surface area contributed by atoms with Gasteiger partial charge in [-0.1, -0.05) is 20.8 Å². The molecule has 2 nitrogen and oxygen atoms in total. The highest BCUT2D eigenvalue weighted by molar-refractivity contribution is 5.06. The molecule has 0 radical (unpaired) electrons. The van der Waals surface area contributed by atoms with Crippen molar-refractivity contribution in [1.29, 1.82) is 0 Å². The molecule has 104 valence electrons. The fourth-order valence-corrected chi connectivity index (χ4v) is 5.18. The Kier molecular flexibility index (Phi) is 3.44. The van der Waals surface area contributed by atoms with Gasteiger partial charge in [0.15, 0.2) is 0 Å². The minimum atomic E-state index is 0.249. The summed E-state index contributed by atoms with van der Waals surface area (Å²) < 4.78 is 6.03. The lowest BCUT2D eigenvalue weighted by molar-refractivity contribution is 0.0177. The second-order valence-electron chi connectivity index (χ2n) is 7.32. The summed E-state index contributed by atoms with van der Waals surface area (Å²) in [6, 6.07) is 0. The lowest BCUT2D eigenvalue weighted by Gasteiger charge is -2.34. The third kappa shape index (κ3) is 1.92. The molecule has 3 rings (SSSR count). The van der Waals surface area contributed by atoms with Crippen molar-refractivity contribution in [3.8, 4) is 0 Å². The fourth-order valence-electron chi connectivity index (χ4n) is 5.18. The van der Waals surface area contributed by atoms with E-state index < -0.39 is 0 Å². The molecule has 3 fully saturated rings. The van der Waals surface area contributed by atoms with Gasteiger partial charge >= 0.3 is 0 Å². The van der Waals surface area contributed by atoms with E-state index in [1.165, 1.54) is 19.3 Å². The van der Waals surface area contributed by atoms with Crippen molar-refractivity contribution in [2.75, 3.05) is 13.2 Å². The Hall–Kier alpha value is -0.0800. The van der Waals surface area contributed by atoms with Crippen molar-refractivity contribution in [3.05, 3.63) is 0 Å². The number of hydrogen-bond donors (Lipinski definition) is 1. The molecule has 3 aliphatic carbocycles. The van der Waals surface area contributed by atoms with Crippen molar-refractivity contribution in [2.24, 2.45) is 41.4 Å². The molecule has 7 atom stereocenters. The third-order valence-corrected chi connectivity index (χ3v) is 6.37. The van der Waals surface area contributed by atoms with Crippen molar-refractivity contribution in [2.45, 2.75) is 46.1 Å². The normalized spacial score (nSPS) is 51.7. The molecular formula is C16H28O2. The summed E-state index contributed by atoms with van der Waals surface area (Å²) in [5.41, 5.74) is 0. The zero-order valence-electron chi connectivity index (χ0n) is 12.0. The van der Waals surface area contributed by atoms with Crippen LogP contribution in [0.2, 0.25) is 0 Å². The molecule has 2 heteroatoms. The first-order chi connectivity index (χ1) is 8.61. The highest BCUT2D eigenvalue weighted by Crippen LogP contribution is 2.63.